The van der Waals surface area contributed by atoms with Crippen LogP contribution in [-0.2, 0) is 11.3 Å². The van der Waals surface area contributed by atoms with Crippen molar-refractivity contribution in [1.82, 2.24) is 5.32 Å². The topological polar surface area (TPSA) is 49.3 Å². The van der Waals surface area contributed by atoms with Gasteiger partial charge in [0.25, 0.3) is 0 Å². The first-order chi connectivity index (χ1) is 10.1. The summed E-state index contributed by atoms with van der Waals surface area (Å²) in [5.41, 5.74) is 0.465. The van der Waals surface area contributed by atoms with Crippen molar-refractivity contribution in [1.29, 1.82) is 0 Å². The number of carbonyl (C=O) groups excluding carboxylic acids is 1. The van der Waals surface area contributed by atoms with Gasteiger partial charge in [-0.2, -0.15) is 0 Å². The second-order valence-electron chi connectivity index (χ2n) is 4.56. The monoisotopic (exact) mass is 305 g/mol. The van der Waals surface area contributed by atoms with E-state index in [1.54, 1.807) is 49.4 Å². The Morgan fingerprint density at radius 1 is 1.24 bits per heavy atom. The molecular formula is C16H16FNO2S. The molecule has 0 aliphatic heterocycles. The summed E-state index contributed by atoms with van der Waals surface area (Å²) in [4.78, 5) is 12.9. The number of nitrogens with one attached hydrogen (secondary N) is 1. The van der Waals surface area contributed by atoms with Gasteiger partial charge in [-0.3, -0.25) is 4.79 Å². The lowest BCUT2D eigenvalue weighted by Crippen LogP contribution is -2.30. The smallest absolute Gasteiger partial charge is 0.233 e. The summed E-state index contributed by atoms with van der Waals surface area (Å²) in [7, 11) is 0. The third-order valence-electron chi connectivity index (χ3n) is 2.93. The van der Waals surface area contributed by atoms with Gasteiger partial charge in [0.15, 0.2) is 0 Å². The Bertz CT molecular complexity index is 616. The molecule has 2 N–H and O–H groups in total. The molecule has 0 unspecified atom stereocenters. The second-order valence-corrected chi connectivity index (χ2v) is 5.98. The molecule has 0 fully saturated rings. The average molecular weight is 305 g/mol. The number of aromatic hydroxyl groups is 1. The summed E-state index contributed by atoms with van der Waals surface area (Å²) in [6.07, 6.45) is 0. The van der Waals surface area contributed by atoms with Crippen molar-refractivity contribution in [2.24, 2.45) is 0 Å². The zero-order valence-corrected chi connectivity index (χ0v) is 12.4. The molecule has 0 heterocycles. The molecule has 5 heteroatoms. The number of rotatable bonds is 5. The number of phenolic OH excluding ortho intramolecular Hbond substituents is 1. The minimum absolute atomic E-state index is 0.156. The lowest BCUT2D eigenvalue weighted by molar-refractivity contribution is -0.120. The fraction of sp³-hybridized carbons (Fsp3) is 0.188. The first-order valence-electron chi connectivity index (χ1n) is 6.53. The highest BCUT2D eigenvalue weighted by Gasteiger charge is 2.14. The van der Waals surface area contributed by atoms with Crippen LogP contribution in [0.15, 0.2) is 53.4 Å². The van der Waals surface area contributed by atoms with Crippen LogP contribution in [0.1, 0.15) is 12.5 Å². The van der Waals surface area contributed by atoms with Gasteiger partial charge in [0.05, 0.1) is 5.25 Å². The van der Waals surface area contributed by atoms with Gasteiger partial charge in [0.1, 0.15) is 11.6 Å². The summed E-state index contributed by atoms with van der Waals surface area (Å²) in [6.45, 7) is 1.96. The maximum absolute atomic E-state index is 13.4. The van der Waals surface area contributed by atoms with Gasteiger partial charge >= 0.3 is 0 Å². The number of halogens is 1. The molecule has 0 saturated heterocycles. The molecule has 0 saturated carbocycles. The van der Waals surface area contributed by atoms with Crippen LogP contribution in [0, 0.1) is 5.82 Å². The predicted octanol–water partition coefficient (Wildman–Crippen LogP) is 3.33. The van der Waals surface area contributed by atoms with Crippen molar-refractivity contribution in [2.75, 3.05) is 0 Å². The number of carbonyl (C=O) groups is 1. The number of amides is 1. The van der Waals surface area contributed by atoms with E-state index in [1.807, 2.05) is 0 Å². The van der Waals surface area contributed by atoms with Crippen LogP contribution in [0.4, 0.5) is 4.39 Å². The predicted molar refractivity (Wildman–Crippen MR) is 81.7 cm³/mol. The zero-order chi connectivity index (χ0) is 15.2. The molecule has 1 atom stereocenters. The standard InChI is InChI=1S/C16H16FNO2S/c1-11(21-14-8-6-13(19)7-9-14)16(20)18-10-12-4-2-3-5-15(12)17/h2-9,11,19H,10H2,1H3,(H,18,20)/t11-/m0/s1. The quantitative estimate of drug-likeness (QED) is 0.833. The van der Waals surface area contributed by atoms with Crippen molar-refractivity contribution >= 4 is 17.7 Å². The Kier molecular flexibility index (Phi) is 5.22. The third kappa shape index (κ3) is 4.49. The van der Waals surface area contributed by atoms with Crippen molar-refractivity contribution in [3.63, 3.8) is 0 Å². The highest BCUT2D eigenvalue weighted by atomic mass is 32.2. The van der Waals surface area contributed by atoms with Gasteiger partial charge in [-0.25, -0.2) is 4.39 Å². The maximum atomic E-state index is 13.4. The van der Waals surface area contributed by atoms with E-state index in [-0.39, 0.29) is 29.3 Å². The lowest BCUT2D eigenvalue weighted by atomic mass is 10.2. The minimum atomic E-state index is -0.323. The lowest BCUT2D eigenvalue weighted by Gasteiger charge is -2.12. The normalized spacial score (nSPS) is 11.9. The Morgan fingerprint density at radius 2 is 1.90 bits per heavy atom. The molecule has 0 aromatic heterocycles. The molecule has 0 spiro atoms. The van der Waals surface area contributed by atoms with Crippen molar-refractivity contribution in [3.05, 3.63) is 59.9 Å². The number of thioether (sulfide) groups is 1. The van der Waals surface area contributed by atoms with E-state index in [1.165, 1.54) is 17.8 Å². The number of benzene rings is 2. The molecule has 2 aromatic carbocycles. The highest BCUT2D eigenvalue weighted by Crippen LogP contribution is 2.25. The Hall–Kier alpha value is -2.01. The fourth-order valence-corrected chi connectivity index (χ4v) is 2.64. The molecular weight excluding hydrogens is 289 g/mol. The van der Waals surface area contributed by atoms with Crippen molar-refractivity contribution in [2.45, 2.75) is 23.6 Å². The summed E-state index contributed by atoms with van der Waals surface area (Å²) >= 11 is 1.38. The SMILES string of the molecule is C[C@H](Sc1ccc(O)cc1)C(=O)NCc1ccccc1F. The van der Waals surface area contributed by atoms with Gasteiger partial charge in [-0.15, -0.1) is 11.8 Å². The zero-order valence-electron chi connectivity index (χ0n) is 11.5. The van der Waals surface area contributed by atoms with Crippen molar-refractivity contribution < 1.29 is 14.3 Å². The van der Waals surface area contributed by atoms with Gasteiger partial charge in [0.2, 0.25) is 5.91 Å². The largest absolute Gasteiger partial charge is 0.508 e. The molecule has 2 aromatic rings. The number of phenols is 1. The van der Waals surface area contributed by atoms with Crippen LogP contribution in [0.5, 0.6) is 5.75 Å². The van der Waals surface area contributed by atoms with E-state index in [0.29, 0.717) is 5.56 Å². The van der Waals surface area contributed by atoms with Crippen LogP contribution < -0.4 is 5.32 Å². The molecule has 0 radical (unpaired) electrons. The summed E-state index contributed by atoms with van der Waals surface area (Å²) in [6, 6.07) is 13.0. The minimum Gasteiger partial charge on any atom is -0.508 e. The average Bonchev–Trinajstić information content (AvgIpc) is 2.48. The molecule has 0 bridgehead atoms. The summed E-state index contributed by atoms with van der Waals surface area (Å²) < 4.78 is 13.4. The van der Waals surface area contributed by atoms with E-state index >= 15 is 0 Å². The molecule has 0 aliphatic rings. The van der Waals surface area contributed by atoms with Crippen molar-refractivity contribution in [3.8, 4) is 5.75 Å². The summed E-state index contributed by atoms with van der Waals surface area (Å²) in [5, 5.41) is 11.6. The van der Waals surface area contributed by atoms with E-state index in [2.05, 4.69) is 5.32 Å². The first kappa shape index (κ1) is 15.4. The van der Waals surface area contributed by atoms with Crippen LogP contribution in [0.3, 0.4) is 0 Å². The number of hydrogen-bond acceptors (Lipinski definition) is 3. The first-order valence-corrected chi connectivity index (χ1v) is 7.41. The molecule has 0 aliphatic carbocycles. The van der Waals surface area contributed by atoms with Gasteiger partial charge in [-0.1, -0.05) is 18.2 Å². The number of hydrogen-bond donors (Lipinski definition) is 2. The van der Waals surface area contributed by atoms with Gasteiger partial charge in [-0.05, 0) is 37.3 Å². The van der Waals surface area contributed by atoms with Crippen LogP contribution in [-0.4, -0.2) is 16.3 Å². The van der Waals surface area contributed by atoms with E-state index in [0.717, 1.165) is 4.90 Å². The molecule has 3 nitrogen and oxygen atoms in total. The van der Waals surface area contributed by atoms with Gasteiger partial charge < -0.3 is 10.4 Å². The van der Waals surface area contributed by atoms with E-state index < -0.39 is 0 Å². The van der Waals surface area contributed by atoms with Crippen LogP contribution >= 0.6 is 11.8 Å². The molecule has 110 valence electrons. The maximum Gasteiger partial charge on any atom is 0.233 e. The molecule has 1 amide bonds. The van der Waals surface area contributed by atoms with Gasteiger partial charge in [0, 0.05) is 17.0 Å². The second kappa shape index (κ2) is 7.13. The third-order valence-corrected chi connectivity index (χ3v) is 4.04. The Labute approximate surface area is 127 Å². The molecule has 21 heavy (non-hydrogen) atoms. The molecule has 2 rings (SSSR count). The highest BCUT2D eigenvalue weighted by molar-refractivity contribution is 8.00. The summed E-state index contributed by atoms with van der Waals surface area (Å²) in [5.74, 6) is -0.288. The Morgan fingerprint density at radius 3 is 2.57 bits per heavy atom. The fourth-order valence-electron chi connectivity index (χ4n) is 1.75. The van der Waals surface area contributed by atoms with Crippen LogP contribution in [0.2, 0.25) is 0 Å². The van der Waals surface area contributed by atoms with E-state index in [4.69, 9.17) is 0 Å². The van der Waals surface area contributed by atoms with E-state index in [9.17, 15) is 14.3 Å². The Balaban J connectivity index is 1.88. The van der Waals surface area contributed by atoms with Crippen LogP contribution in [0.25, 0.3) is 0 Å².